The molecule has 132 valence electrons. The molecule has 0 unspecified atom stereocenters. The Balaban J connectivity index is 1.45. The summed E-state index contributed by atoms with van der Waals surface area (Å²) in [6.07, 6.45) is 3.46. The van der Waals surface area contributed by atoms with Gasteiger partial charge >= 0.3 is 0 Å². The second-order valence-corrected chi connectivity index (χ2v) is 5.74. The number of carbonyl (C=O) groups is 1. The van der Waals surface area contributed by atoms with Crippen LogP contribution in [-0.4, -0.2) is 27.7 Å². The third kappa shape index (κ3) is 5.42. The number of rotatable bonds is 7. The van der Waals surface area contributed by atoms with Gasteiger partial charge in [0.15, 0.2) is 12.4 Å². The predicted molar refractivity (Wildman–Crippen MR) is 99.2 cm³/mol. The fourth-order valence-corrected chi connectivity index (χ4v) is 2.17. The zero-order valence-electron chi connectivity index (χ0n) is 13.7. The highest BCUT2D eigenvalue weighted by atomic mass is 35.5. The normalized spacial score (nSPS) is 10.2. The average Bonchev–Trinajstić information content (AvgIpc) is 2.68. The van der Waals surface area contributed by atoms with E-state index in [1.165, 1.54) is 0 Å². The Bertz CT molecular complexity index is 842. The van der Waals surface area contributed by atoms with E-state index in [1.54, 1.807) is 48.8 Å². The van der Waals surface area contributed by atoms with Gasteiger partial charge in [0.25, 0.3) is 5.91 Å². The molecule has 7 nitrogen and oxygen atoms in total. The van der Waals surface area contributed by atoms with E-state index in [0.717, 1.165) is 5.56 Å². The van der Waals surface area contributed by atoms with E-state index in [2.05, 4.69) is 25.8 Å². The molecule has 1 aromatic carbocycles. The lowest BCUT2D eigenvalue weighted by molar-refractivity contribution is -0.118. The van der Waals surface area contributed by atoms with E-state index in [0.29, 0.717) is 29.0 Å². The molecule has 0 atom stereocenters. The largest absolute Gasteiger partial charge is 0.484 e. The smallest absolute Gasteiger partial charge is 0.263 e. The van der Waals surface area contributed by atoms with Crippen molar-refractivity contribution in [1.82, 2.24) is 15.2 Å². The summed E-state index contributed by atoms with van der Waals surface area (Å²) in [5.74, 6) is 1.19. The van der Waals surface area contributed by atoms with Crippen LogP contribution in [0.1, 0.15) is 5.56 Å². The number of hydrogen-bond acceptors (Lipinski definition) is 6. The van der Waals surface area contributed by atoms with Crippen molar-refractivity contribution < 1.29 is 9.53 Å². The van der Waals surface area contributed by atoms with E-state index < -0.39 is 0 Å². The highest BCUT2D eigenvalue weighted by Crippen LogP contribution is 2.15. The highest BCUT2D eigenvalue weighted by Gasteiger charge is 2.06. The molecule has 2 N–H and O–H groups in total. The number of carbonyl (C=O) groups excluding carboxylic acids is 1. The van der Waals surface area contributed by atoms with Crippen LogP contribution < -0.4 is 15.4 Å². The zero-order valence-corrected chi connectivity index (χ0v) is 14.5. The van der Waals surface area contributed by atoms with E-state index in [4.69, 9.17) is 16.3 Å². The van der Waals surface area contributed by atoms with Crippen molar-refractivity contribution in [2.45, 2.75) is 6.54 Å². The Labute approximate surface area is 155 Å². The average molecular weight is 370 g/mol. The molecule has 3 aromatic rings. The Hall–Kier alpha value is -3.19. The van der Waals surface area contributed by atoms with Crippen LogP contribution in [0.25, 0.3) is 0 Å². The molecule has 0 saturated heterocycles. The molecule has 0 radical (unpaired) electrons. The molecule has 0 saturated carbocycles. The molecule has 0 spiro atoms. The van der Waals surface area contributed by atoms with Gasteiger partial charge in [-0.2, -0.15) is 0 Å². The second-order valence-electron chi connectivity index (χ2n) is 5.30. The van der Waals surface area contributed by atoms with Gasteiger partial charge in [0.1, 0.15) is 11.6 Å². The molecule has 1 amide bonds. The van der Waals surface area contributed by atoms with Crippen molar-refractivity contribution in [3.63, 3.8) is 0 Å². The van der Waals surface area contributed by atoms with Crippen LogP contribution in [0.5, 0.6) is 5.75 Å². The maximum atomic E-state index is 11.9. The number of pyridine rings is 1. The minimum Gasteiger partial charge on any atom is -0.484 e. The van der Waals surface area contributed by atoms with Gasteiger partial charge in [0.2, 0.25) is 0 Å². The van der Waals surface area contributed by atoms with Crippen LogP contribution in [0.3, 0.4) is 0 Å². The van der Waals surface area contributed by atoms with Gasteiger partial charge < -0.3 is 15.4 Å². The number of nitrogens with zero attached hydrogens (tertiary/aromatic N) is 3. The maximum Gasteiger partial charge on any atom is 0.263 e. The van der Waals surface area contributed by atoms with E-state index in [1.807, 2.05) is 12.1 Å². The lowest BCUT2D eigenvalue weighted by Gasteiger charge is -2.08. The monoisotopic (exact) mass is 369 g/mol. The van der Waals surface area contributed by atoms with Gasteiger partial charge in [-0.15, -0.1) is 10.2 Å². The Morgan fingerprint density at radius 3 is 2.35 bits per heavy atom. The molecule has 0 aliphatic carbocycles. The number of ether oxygens (including phenoxy) is 1. The van der Waals surface area contributed by atoms with Gasteiger partial charge in [-0.05, 0) is 54.1 Å². The van der Waals surface area contributed by atoms with Gasteiger partial charge in [-0.1, -0.05) is 11.6 Å². The summed E-state index contributed by atoms with van der Waals surface area (Å²) in [5.41, 5.74) is 1.08. The molecule has 2 heterocycles. The number of nitrogens with one attached hydrogen (secondary N) is 2. The third-order valence-electron chi connectivity index (χ3n) is 3.34. The number of anilines is 2. The fraction of sp³-hybridized carbons (Fsp3) is 0.111. The summed E-state index contributed by atoms with van der Waals surface area (Å²) in [7, 11) is 0. The Kier molecular flexibility index (Phi) is 5.95. The maximum absolute atomic E-state index is 11.9. The van der Waals surface area contributed by atoms with Crippen LogP contribution in [0, 0.1) is 0 Å². The molecule has 26 heavy (non-hydrogen) atoms. The first-order valence-electron chi connectivity index (χ1n) is 7.84. The minimum absolute atomic E-state index is 0.134. The third-order valence-corrected chi connectivity index (χ3v) is 3.59. The molecule has 0 fully saturated rings. The van der Waals surface area contributed by atoms with Crippen molar-refractivity contribution in [2.75, 3.05) is 17.2 Å². The summed E-state index contributed by atoms with van der Waals surface area (Å²) >= 11 is 5.79. The lowest BCUT2D eigenvalue weighted by atomic mass is 10.3. The first kappa shape index (κ1) is 17.6. The van der Waals surface area contributed by atoms with Gasteiger partial charge in [0, 0.05) is 24.0 Å². The molecule has 3 rings (SSSR count). The fourth-order valence-electron chi connectivity index (χ4n) is 2.05. The summed E-state index contributed by atoms with van der Waals surface area (Å²) in [6.45, 7) is 0.475. The molecule has 8 heteroatoms. The molecular formula is C18H16ClN5O2. The first-order chi connectivity index (χ1) is 12.7. The van der Waals surface area contributed by atoms with Crippen molar-refractivity contribution in [3.8, 4) is 5.75 Å². The number of aromatic nitrogens is 3. The molecule has 0 aliphatic heterocycles. The standard InChI is InChI=1S/C18H16ClN5O2/c19-14-1-3-15(4-2-14)26-12-18(25)22-17-6-5-16(23-24-17)21-11-13-7-9-20-10-8-13/h1-10H,11-12H2,(H,21,23)(H,22,24,25). The topological polar surface area (TPSA) is 89.0 Å². The van der Waals surface area contributed by atoms with Gasteiger partial charge in [-0.25, -0.2) is 0 Å². The first-order valence-corrected chi connectivity index (χ1v) is 8.21. The molecule has 0 aliphatic rings. The van der Waals surface area contributed by atoms with Crippen LogP contribution in [0.4, 0.5) is 11.6 Å². The van der Waals surface area contributed by atoms with Crippen LogP contribution in [-0.2, 0) is 11.3 Å². The summed E-state index contributed by atoms with van der Waals surface area (Å²) in [5, 5.41) is 14.4. The van der Waals surface area contributed by atoms with Gasteiger partial charge in [0.05, 0.1) is 0 Å². The highest BCUT2D eigenvalue weighted by molar-refractivity contribution is 6.30. The lowest BCUT2D eigenvalue weighted by Crippen LogP contribution is -2.21. The Morgan fingerprint density at radius 2 is 1.65 bits per heavy atom. The molecule has 2 aromatic heterocycles. The van der Waals surface area contributed by atoms with Gasteiger partial charge in [-0.3, -0.25) is 9.78 Å². The van der Waals surface area contributed by atoms with Crippen molar-refractivity contribution >= 4 is 29.1 Å². The van der Waals surface area contributed by atoms with Crippen LogP contribution in [0.15, 0.2) is 60.9 Å². The summed E-state index contributed by atoms with van der Waals surface area (Å²) in [4.78, 5) is 15.9. The minimum atomic E-state index is -0.327. The Morgan fingerprint density at radius 1 is 0.962 bits per heavy atom. The van der Waals surface area contributed by atoms with Crippen molar-refractivity contribution in [3.05, 3.63) is 71.5 Å². The number of halogens is 1. The number of amides is 1. The number of benzene rings is 1. The van der Waals surface area contributed by atoms with E-state index in [9.17, 15) is 4.79 Å². The summed E-state index contributed by atoms with van der Waals surface area (Å²) in [6, 6.07) is 14.0. The van der Waals surface area contributed by atoms with Crippen molar-refractivity contribution in [2.24, 2.45) is 0 Å². The second kappa shape index (κ2) is 8.77. The quantitative estimate of drug-likeness (QED) is 0.665. The molecule has 0 bridgehead atoms. The number of hydrogen-bond donors (Lipinski definition) is 2. The van der Waals surface area contributed by atoms with E-state index >= 15 is 0 Å². The SMILES string of the molecule is O=C(COc1ccc(Cl)cc1)Nc1ccc(NCc2ccncc2)nn1. The van der Waals surface area contributed by atoms with Crippen molar-refractivity contribution in [1.29, 1.82) is 0 Å². The zero-order chi connectivity index (χ0) is 18.2. The van der Waals surface area contributed by atoms with Crippen LogP contribution >= 0.6 is 11.6 Å². The molecular weight excluding hydrogens is 354 g/mol. The van der Waals surface area contributed by atoms with Crippen LogP contribution in [0.2, 0.25) is 5.02 Å². The predicted octanol–water partition coefficient (Wildman–Crippen LogP) is 3.15. The van der Waals surface area contributed by atoms with E-state index in [-0.39, 0.29) is 12.5 Å². The summed E-state index contributed by atoms with van der Waals surface area (Å²) < 4.78 is 5.37.